The minimum absolute atomic E-state index is 0.557. The van der Waals surface area contributed by atoms with E-state index in [4.69, 9.17) is 5.53 Å². The van der Waals surface area contributed by atoms with Crippen LogP contribution in [0.25, 0.3) is 10.4 Å². The monoisotopic (exact) mass is 289 g/mol. The van der Waals surface area contributed by atoms with Crippen molar-refractivity contribution in [2.75, 3.05) is 7.11 Å². The van der Waals surface area contributed by atoms with E-state index < -0.39 is 20.1 Å². The summed E-state index contributed by atoms with van der Waals surface area (Å²) in [5.74, 6) is -0.557. The molecule has 1 rings (SSSR count). The molecule has 0 saturated heterocycles. The molecule has 0 saturated carbocycles. The van der Waals surface area contributed by atoms with Crippen molar-refractivity contribution >= 4 is 19.2 Å². The third kappa shape index (κ3) is 3.72. The van der Waals surface area contributed by atoms with Gasteiger partial charge in [0.25, 0.3) is 0 Å². The molecule has 0 fully saturated rings. The fourth-order valence-corrected chi connectivity index (χ4v) is 4.03. The van der Waals surface area contributed by atoms with Gasteiger partial charge in [-0.3, -0.25) is 4.79 Å². The number of allylic oxidation sites excluding steroid dienone is 1. The Kier molecular flexibility index (Phi) is 5.55. The Morgan fingerprint density at radius 3 is 2.55 bits per heavy atom. The van der Waals surface area contributed by atoms with Crippen molar-refractivity contribution < 1.29 is 9.53 Å². The maximum Gasteiger partial charge on any atom is 0.319 e. The molecule has 0 aliphatic heterocycles. The minimum Gasteiger partial charge on any atom is -0.468 e. The van der Waals surface area contributed by atoms with Crippen molar-refractivity contribution in [3.05, 3.63) is 52.9 Å². The van der Waals surface area contributed by atoms with Gasteiger partial charge >= 0.3 is 5.97 Å². The van der Waals surface area contributed by atoms with Crippen molar-refractivity contribution in [3.8, 4) is 0 Å². The Balaban J connectivity index is 3.08. The van der Waals surface area contributed by atoms with Gasteiger partial charge in [0.15, 0.2) is 6.04 Å². The number of esters is 1. The molecule has 1 atom stereocenters. The van der Waals surface area contributed by atoms with Crippen LogP contribution in [0.5, 0.6) is 0 Å². The number of rotatable bonds is 6. The molecule has 0 aliphatic rings. The third-order valence-corrected chi connectivity index (χ3v) is 6.46. The quantitative estimate of drug-likeness (QED) is 0.201. The average molecular weight is 289 g/mol. The summed E-state index contributed by atoms with van der Waals surface area (Å²) in [7, 11) is -0.254. The predicted octanol–water partition coefficient (Wildman–Crippen LogP) is 3.31. The van der Waals surface area contributed by atoms with Crippen molar-refractivity contribution in [3.63, 3.8) is 0 Å². The largest absolute Gasteiger partial charge is 0.468 e. The van der Waals surface area contributed by atoms with Crippen LogP contribution in [-0.4, -0.2) is 21.2 Å². The van der Waals surface area contributed by atoms with E-state index in [1.165, 1.54) is 12.3 Å². The fourth-order valence-electron chi connectivity index (χ4n) is 2.01. The maximum atomic E-state index is 11.6. The molecular formula is C14H19N3O2Si. The highest BCUT2D eigenvalue weighted by Gasteiger charge is 2.23. The first-order valence-electron chi connectivity index (χ1n) is 6.29. The number of carbonyl (C=O) groups is 1. The second-order valence-corrected chi connectivity index (χ2v) is 9.88. The normalized spacial score (nSPS) is 12.2. The molecule has 1 aromatic carbocycles. The SMILES string of the molecule is C=CC[Si](C)(C)c1ccc(C(N=[N+]=[N-])C(=O)OC)cc1. The Hall–Kier alpha value is -2.04. The molecule has 0 N–H and O–H groups in total. The first-order chi connectivity index (χ1) is 9.46. The van der Waals surface area contributed by atoms with E-state index in [2.05, 4.69) is 34.4 Å². The third-order valence-electron chi connectivity index (χ3n) is 3.25. The number of carbonyl (C=O) groups excluding carboxylic acids is 1. The first kappa shape index (κ1) is 16.0. The second kappa shape index (κ2) is 6.93. The second-order valence-electron chi connectivity index (χ2n) is 5.13. The lowest BCUT2D eigenvalue weighted by Gasteiger charge is -2.21. The van der Waals surface area contributed by atoms with Gasteiger partial charge in [0, 0.05) is 4.91 Å². The number of nitrogens with zero attached hydrogens (tertiary/aromatic N) is 3. The van der Waals surface area contributed by atoms with E-state index in [-0.39, 0.29) is 0 Å². The molecule has 0 heterocycles. The van der Waals surface area contributed by atoms with Crippen LogP contribution in [-0.2, 0) is 9.53 Å². The molecule has 0 radical (unpaired) electrons. The number of azide groups is 1. The number of hydrogen-bond acceptors (Lipinski definition) is 3. The summed E-state index contributed by atoms with van der Waals surface area (Å²) >= 11 is 0. The molecule has 0 aliphatic carbocycles. The summed E-state index contributed by atoms with van der Waals surface area (Å²) in [5, 5.41) is 4.76. The molecule has 106 valence electrons. The van der Waals surface area contributed by atoms with Gasteiger partial charge in [-0.25, -0.2) is 0 Å². The summed E-state index contributed by atoms with van der Waals surface area (Å²) in [6.07, 6.45) is 1.94. The summed E-state index contributed by atoms with van der Waals surface area (Å²) in [6.45, 7) is 8.31. The zero-order valence-electron chi connectivity index (χ0n) is 12.0. The fraction of sp³-hybridized carbons (Fsp3) is 0.357. The van der Waals surface area contributed by atoms with Gasteiger partial charge in [-0.1, -0.05) is 53.7 Å². The van der Waals surface area contributed by atoms with Crippen molar-refractivity contribution in [1.82, 2.24) is 0 Å². The van der Waals surface area contributed by atoms with Crippen LogP contribution in [0.4, 0.5) is 0 Å². The minimum atomic E-state index is -1.53. The van der Waals surface area contributed by atoms with E-state index in [1.54, 1.807) is 0 Å². The summed E-state index contributed by atoms with van der Waals surface area (Å²) in [6, 6.07) is 7.70. The maximum absolute atomic E-state index is 11.6. The van der Waals surface area contributed by atoms with Crippen molar-refractivity contribution in [2.45, 2.75) is 25.2 Å². The van der Waals surface area contributed by atoms with E-state index in [0.29, 0.717) is 5.56 Å². The van der Waals surface area contributed by atoms with Gasteiger partial charge in [-0.15, -0.1) is 6.58 Å². The van der Waals surface area contributed by atoms with Crippen LogP contribution in [0.1, 0.15) is 11.6 Å². The molecule has 0 aromatic heterocycles. The van der Waals surface area contributed by atoms with Gasteiger partial charge in [-0.2, -0.15) is 0 Å². The van der Waals surface area contributed by atoms with Gasteiger partial charge in [0.05, 0.1) is 15.2 Å². The lowest BCUT2D eigenvalue weighted by Crippen LogP contribution is -2.40. The van der Waals surface area contributed by atoms with Gasteiger partial charge in [0.1, 0.15) is 0 Å². The smallest absolute Gasteiger partial charge is 0.319 e. The Labute approximate surface area is 119 Å². The standard InChI is InChI=1S/C14H19N3O2Si/c1-5-10-20(3,4)12-8-6-11(7-9-12)13(16-17-15)14(18)19-2/h5-9,13H,1,10H2,2-4H3. The Morgan fingerprint density at radius 1 is 1.50 bits per heavy atom. The van der Waals surface area contributed by atoms with Gasteiger partial charge in [0.2, 0.25) is 0 Å². The van der Waals surface area contributed by atoms with Crippen molar-refractivity contribution in [1.29, 1.82) is 0 Å². The van der Waals surface area contributed by atoms with Gasteiger partial charge < -0.3 is 4.74 Å². The van der Waals surface area contributed by atoms with Crippen molar-refractivity contribution in [2.24, 2.45) is 5.11 Å². The highest BCUT2D eigenvalue weighted by Crippen LogP contribution is 2.19. The molecule has 5 nitrogen and oxygen atoms in total. The highest BCUT2D eigenvalue weighted by molar-refractivity contribution is 6.90. The van der Waals surface area contributed by atoms with Crippen LogP contribution in [0, 0.1) is 0 Å². The lowest BCUT2D eigenvalue weighted by atomic mass is 10.1. The first-order valence-corrected chi connectivity index (χ1v) is 9.50. The van der Waals surface area contributed by atoms with Crippen LogP contribution in [0.3, 0.4) is 0 Å². The predicted molar refractivity (Wildman–Crippen MR) is 82.5 cm³/mol. The Morgan fingerprint density at radius 2 is 2.10 bits per heavy atom. The lowest BCUT2D eigenvalue weighted by molar-refractivity contribution is -0.142. The summed E-state index contributed by atoms with van der Waals surface area (Å²) < 4.78 is 4.65. The molecular weight excluding hydrogens is 270 g/mol. The summed E-state index contributed by atoms with van der Waals surface area (Å²) in [5.41, 5.74) is 9.18. The van der Waals surface area contributed by atoms with Gasteiger partial charge in [-0.05, 0) is 17.1 Å². The molecule has 6 heteroatoms. The van der Waals surface area contributed by atoms with Crippen LogP contribution in [0.2, 0.25) is 19.1 Å². The molecule has 0 spiro atoms. The number of hydrogen-bond donors (Lipinski definition) is 0. The van der Waals surface area contributed by atoms with E-state index >= 15 is 0 Å². The van der Waals surface area contributed by atoms with Crippen LogP contribution < -0.4 is 5.19 Å². The summed E-state index contributed by atoms with van der Waals surface area (Å²) in [4.78, 5) is 14.3. The molecule has 0 amide bonds. The van der Waals surface area contributed by atoms with E-state index in [9.17, 15) is 4.79 Å². The van der Waals surface area contributed by atoms with E-state index in [1.807, 2.05) is 30.3 Å². The molecule has 1 aromatic rings. The highest BCUT2D eigenvalue weighted by atomic mass is 28.3. The number of methoxy groups -OCH3 is 1. The average Bonchev–Trinajstić information content (AvgIpc) is 2.44. The topological polar surface area (TPSA) is 75.1 Å². The van der Waals surface area contributed by atoms with Crippen LogP contribution >= 0.6 is 0 Å². The molecule has 20 heavy (non-hydrogen) atoms. The van der Waals surface area contributed by atoms with Crippen LogP contribution in [0.15, 0.2) is 42.0 Å². The Bertz CT molecular complexity index is 534. The number of ether oxygens (including phenoxy) is 1. The number of benzene rings is 1. The zero-order chi connectivity index (χ0) is 15.2. The van der Waals surface area contributed by atoms with E-state index in [0.717, 1.165) is 6.04 Å². The molecule has 1 unspecified atom stereocenters. The molecule has 0 bridgehead atoms. The zero-order valence-corrected chi connectivity index (χ0v) is 13.0.